The lowest BCUT2D eigenvalue weighted by Crippen LogP contribution is -2.47. The van der Waals surface area contributed by atoms with Crippen LogP contribution in [-0.4, -0.2) is 52.0 Å². The number of aliphatic imine (C=N–C) groups is 1. The molecule has 2 aromatic rings. The van der Waals surface area contributed by atoms with E-state index in [-0.39, 0.29) is 5.91 Å². The fraction of sp³-hybridized carbons (Fsp3) is 0.250. The fourth-order valence-electron chi connectivity index (χ4n) is 3.08. The Labute approximate surface area is 157 Å². The predicted octanol–water partition coefficient (Wildman–Crippen LogP) is 2.87. The zero-order valence-corrected chi connectivity index (χ0v) is 15.2. The van der Waals surface area contributed by atoms with Gasteiger partial charge in [-0.3, -0.25) is 14.7 Å². The number of pyridine rings is 1. The highest BCUT2D eigenvalue weighted by Gasteiger charge is 2.28. The number of nitrogens with zero attached hydrogens (tertiary/aromatic N) is 4. The lowest BCUT2D eigenvalue weighted by molar-refractivity contribution is -0.113. The summed E-state index contributed by atoms with van der Waals surface area (Å²) in [5, 5.41) is 0.828. The van der Waals surface area contributed by atoms with Crippen molar-refractivity contribution in [2.45, 2.75) is 6.54 Å². The molecule has 6 heteroatoms. The standard InChI is InChI=1S/C20H20N4OS/c25-19-18(14-16-6-8-21-9-7-16)26-20(22-19)24-12-10-23(11-13-24)15-17-4-2-1-3-5-17/h1-9,14H,10-13,15H2/b18-14+. The SMILES string of the molecule is O=C1N=C(N2CCN(Cc3ccccc3)CC2)S/C1=C/c1ccncc1. The molecule has 1 aromatic heterocycles. The van der Waals surface area contributed by atoms with Crippen molar-refractivity contribution in [1.82, 2.24) is 14.8 Å². The van der Waals surface area contributed by atoms with E-state index >= 15 is 0 Å². The van der Waals surface area contributed by atoms with E-state index < -0.39 is 0 Å². The highest BCUT2D eigenvalue weighted by atomic mass is 32.2. The van der Waals surface area contributed by atoms with Gasteiger partial charge in [0.15, 0.2) is 5.17 Å². The lowest BCUT2D eigenvalue weighted by Gasteiger charge is -2.35. The minimum absolute atomic E-state index is 0.145. The first-order chi connectivity index (χ1) is 12.8. The van der Waals surface area contributed by atoms with Crippen LogP contribution < -0.4 is 0 Å². The topological polar surface area (TPSA) is 48.8 Å². The molecule has 1 aromatic carbocycles. The van der Waals surface area contributed by atoms with Crippen LogP contribution in [0.4, 0.5) is 0 Å². The van der Waals surface area contributed by atoms with Gasteiger partial charge in [0.1, 0.15) is 0 Å². The highest BCUT2D eigenvalue weighted by Crippen LogP contribution is 2.30. The van der Waals surface area contributed by atoms with Gasteiger partial charge < -0.3 is 4.90 Å². The van der Waals surface area contributed by atoms with Gasteiger partial charge in [0.2, 0.25) is 0 Å². The number of aromatic nitrogens is 1. The number of carbonyl (C=O) groups excluding carboxylic acids is 1. The largest absolute Gasteiger partial charge is 0.348 e. The van der Waals surface area contributed by atoms with E-state index in [1.807, 2.05) is 24.3 Å². The number of rotatable bonds is 3. The molecular weight excluding hydrogens is 344 g/mol. The van der Waals surface area contributed by atoms with E-state index in [4.69, 9.17) is 0 Å². The van der Waals surface area contributed by atoms with Crippen LogP contribution in [0.2, 0.25) is 0 Å². The summed E-state index contributed by atoms with van der Waals surface area (Å²) in [6.45, 7) is 4.72. The van der Waals surface area contributed by atoms with Crippen LogP contribution in [0.3, 0.4) is 0 Å². The molecular formula is C20H20N4OS. The molecule has 0 saturated carbocycles. The van der Waals surface area contributed by atoms with Crippen molar-refractivity contribution >= 4 is 28.9 Å². The summed E-state index contributed by atoms with van der Waals surface area (Å²) in [6.07, 6.45) is 5.34. The number of amides is 1. The highest BCUT2D eigenvalue weighted by molar-refractivity contribution is 8.18. The molecule has 1 amide bonds. The van der Waals surface area contributed by atoms with E-state index in [9.17, 15) is 4.79 Å². The molecule has 2 aliphatic heterocycles. The zero-order chi connectivity index (χ0) is 17.8. The van der Waals surface area contributed by atoms with Gasteiger partial charge in [-0.05, 0) is 41.1 Å². The number of piperazine rings is 1. The van der Waals surface area contributed by atoms with Gasteiger partial charge in [0, 0.05) is 45.1 Å². The third-order valence-electron chi connectivity index (χ3n) is 4.50. The smallest absolute Gasteiger partial charge is 0.286 e. The second-order valence-electron chi connectivity index (χ2n) is 6.34. The van der Waals surface area contributed by atoms with Crippen molar-refractivity contribution in [3.63, 3.8) is 0 Å². The molecule has 0 radical (unpaired) electrons. The summed E-state index contributed by atoms with van der Waals surface area (Å²) >= 11 is 1.47. The molecule has 4 rings (SSSR count). The summed E-state index contributed by atoms with van der Waals surface area (Å²) in [5.41, 5.74) is 2.31. The van der Waals surface area contributed by atoms with Gasteiger partial charge in [0.05, 0.1) is 4.91 Å². The van der Waals surface area contributed by atoms with Gasteiger partial charge >= 0.3 is 0 Å². The molecule has 0 atom stereocenters. The molecule has 0 aliphatic carbocycles. The van der Waals surface area contributed by atoms with Crippen molar-refractivity contribution < 1.29 is 4.79 Å². The molecule has 26 heavy (non-hydrogen) atoms. The molecule has 132 valence electrons. The van der Waals surface area contributed by atoms with Crippen molar-refractivity contribution in [3.8, 4) is 0 Å². The number of carbonyl (C=O) groups is 1. The third kappa shape index (κ3) is 4.03. The molecule has 0 N–H and O–H groups in total. The Balaban J connectivity index is 1.34. The number of hydrogen-bond acceptors (Lipinski definition) is 5. The molecule has 0 unspecified atom stereocenters. The molecule has 0 bridgehead atoms. The average molecular weight is 364 g/mol. The van der Waals surface area contributed by atoms with E-state index in [1.165, 1.54) is 17.3 Å². The predicted molar refractivity (Wildman–Crippen MR) is 106 cm³/mol. The second-order valence-corrected chi connectivity index (χ2v) is 7.35. The van der Waals surface area contributed by atoms with Crippen LogP contribution in [-0.2, 0) is 11.3 Å². The maximum atomic E-state index is 12.2. The number of hydrogen-bond donors (Lipinski definition) is 0. The van der Waals surface area contributed by atoms with E-state index in [0.717, 1.165) is 43.5 Å². The Bertz CT molecular complexity index is 827. The minimum Gasteiger partial charge on any atom is -0.348 e. The lowest BCUT2D eigenvalue weighted by atomic mass is 10.2. The normalized spacial score (nSPS) is 19.8. The van der Waals surface area contributed by atoms with Crippen LogP contribution in [0, 0.1) is 0 Å². The summed E-state index contributed by atoms with van der Waals surface area (Å²) in [6, 6.07) is 14.3. The van der Waals surface area contributed by atoms with Crippen LogP contribution in [0.1, 0.15) is 11.1 Å². The van der Waals surface area contributed by atoms with Gasteiger partial charge in [-0.1, -0.05) is 30.3 Å². The van der Waals surface area contributed by atoms with Gasteiger partial charge in [-0.15, -0.1) is 0 Å². The number of thioether (sulfide) groups is 1. The summed E-state index contributed by atoms with van der Waals surface area (Å²) in [7, 11) is 0. The molecule has 2 aliphatic rings. The monoisotopic (exact) mass is 364 g/mol. The van der Waals surface area contributed by atoms with Gasteiger partial charge in [-0.25, -0.2) is 0 Å². The Hall–Kier alpha value is -2.44. The van der Waals surface area contributed by atoms with E-state index in [2.05, 4.69) is 44.0 Å². The molecule has 1 fully saturated rings. The van der Waals surface area contributed by atoms with Crippen LogP contribution >= 0.6 is 11.8 Å². The first-order valence-corrected chi connectivity index (χ1v) is 9.53. The second kappa shape index (κ2) is 7.85. The maximum Gasteiger partial charge on any atom is 0.286 e. The van der Waals surface area contributed by atoms with Crippen molar-refractivity contribution in [1.29, 1.82) is 0 Å². The number of amidine groups is 1. The van der Waals surface area contributed by atoms with Crippen LogP contribution in [0.5, 0.6) is 0 Å². The van der Waals surface area contributed by atoms with E-state index in [0.29, 0.717) is 4.91 Å². The summed E-state index contributed by atoms with van der Waals surface area (Å²) in [5.74, 6) is -0.145. The Morgan fingerprint density at radius 1 is 1.00 bits per heavy atom. The Kier molecular flexibility index (Phi) is 5.13. The van der Waals surface area contributed by atoms with Crippen LogP contribution in [0.15, 0.2) is 64.8 Å². The van der Waals surface area contributed by atoms with E-state index in [1.54, 1.807) is 12.4 Å². The van der Waals surface area contributed by atoms with Crippen molar-refractivity contribution in [2.75, 3.05) is 26.2 Å². The van der Waals surface area contributed by atoms with Gasteiger partial charge in [0.25, 0.3) is 5.91 Å². The van der Waals surface area contributed by atoms with Gasteiger partial charge in [-0.2, -0.15) is 4.99 Å². The first-order valence-electron chi connectivity index (χ1n) is 8.72. The Morgan fingerprint density at radius 2 is 1.73 bits per heavy atom. The average Bonchev–Trinajstić information content (AvgIpc) is 3.04. The fourth-order valence-corrected chi connectivity index (χ4v) is 4.05. The summed E-state index contributed by atoms with van der Waals surface area (Å²) in [4.78, 5) is 25.8. The third-order valence-corrected chi connectivity index (χ3v) is 5.55. The molecule has 1 saturated heterocycles. The van der Waals surface area contributed by atoms with Crippen LogP contribution in [0.25, 0.3) is 6.08 Å². The van der Waals surface area contributed by atoms with Crippen molar-refractivity contribution in [2.24, 2.45) is 4.99 Å². The maximum absolute atomic E-state index is 12.2. The quantitative estimate of drug-likeness (QED) is 0.784. The minimum atomic E-state index is -0.145. The number of benzene rings is 1. The Morgan fingerprint density at radius 3 is 2.46 bits per heavy atom. The van der Waals surface area contributed by atoms with Crippen molar-refractivity contribution in [3.05, 3.63) is 70.9 Å². The molecule has 3 heterocycles. The summed E-state index contributed by atoms with van der Waals surface area (Å²) < 4.78 is 0. The molecule has 5 nitrogen and oxygen atoms in total. The zero-order valence-electron chi connectivity index (χ0n) is 14.4. The first kappa shape index (κ1) is 17.0. The molecule has 0 spiro atoms.